The number of anilines is 1. The van der Waals surface area contributed by atoms with E-state index in [1.807, 2.05) is 42.7 Å². The Balaban J connectivity index is 0.000000810. The molecule has 2 heterocycles. The first-order valence-corrected chi connectivity index (χ1v) is 5.11. The number of hydrogen-bond donors (Lipinski definition) is 1. The van der Waals surface area contributed by atoms with Crippen molar-refractivity contribution in [2.24, 2.45) is 0 Å². The highest BCUT2D eigenvalue weighted by Crippen LogP contribution is 2.21. The zero-order chi connectivity index (χ0) is 11.0. The second-order valence-electron chi connectivity index (χ2n) is 3.72. The zero-order valence-corrected chi connectivity index (χ0v) is 11.1. The monoisotopic (exact) mass is 281 g/mol. The van der Waals surface area contributed by atoms with Crippen LogP contribution in [0.3, 0.4) is 0 Å². The predicted molar refractivity (Wildman–Crippen MR) is 80.0 cm³/mol. The standard InChI is InChI=1S/C13H11N3.2ClH/c14-11-3-4-13-10(8-11)5-7-16(13)12-2-1-6-15-9-12;;/h1-9H,14H2;2*1H. The van der Waals surface area contributed by atoms with Gasteiger partial charge >= 0.3 is 0 Å². The molecule has 0 aliphatic heterocycles. The molecule has 0 saturated heterocycles. The molecule has 0 unspecified atom stereocenters. The van der Waals surface area contributed by atoms with Crippen LogP contribution in [0.1, 0.15) is 0 Å². The Labute approximate surface area is 117 Å². The van der Waals surface area contributed by atoms with E-state index in [0.717, 1.165) is 22.3 Å². The van der Waals surface area contributed by atoms with Crippen molar-refractivity contribution in [3.05, 3.63) is 55.0 Å². The van der Waals surface area contributed by atoms with Gasteiger partial charge in [0.2, 0.25) is 0 Å². The summed E-state index contributed by atoms with van der Waals surface area (Å²) in [4.78, 5) is 4.12. The third-order valence-electron chi connectivity index (χ3n) is 2.64. The number of pyridine rings is 1. The van der Waals surface area contributed by atoms with Gasteiger partial charge in [0.15, 0.2) is 0 Å². The third kappa shape index (κ3) is 2.42. The van der Waals surface area contributed by atoms with Crippen LogP contribution in [0.2, 0.25) is 0 Å². The van der Waals surface area contributed by atoms with Crippen LogP contribution in [-0.2, 0) is 0 Å². The van der Waals surface area contributed by atoms with Crippen LogP contribution in [-0.4, -0.2) is 9.55 Å². The number of hydrogen-bond acceptors (Lipinski definition) is 2. The molecule has 3 rings (SSSR count). The number of benzene rings is 1. The van der Waals surface area contributed by atoms with Gasteiger partial charge in [-0.05, 0) is 36.4 Å². The lowest BCUT2D eigenvalue weighted by atomic mass is 10.2. The molecule has 1 aromatic carbocycles. The Morgan fingerprint density at radius 2 is 1.89 bits per heavy atom. The molecule has 0 bridgehead atoms. The van der Waals surface area contributed by atoms with E-state index < -0.39 is 0 Å². The Morgan fingerprint density at radius 1 is 1.06 bits per heavy atom. The molecule has 0 radical (unpaired) electrons. The predicted octanol–water partition coefficient (Wildman–Crippen LogP) is 3.45. The van der Waals surface area contributed by atoms with E-state index in [1.54, 1.807) is 6.20 Å². The van der Waals surface area contributed by atoms with Crippen LogP contribution in [0.4, 0.5) is 5.69 Å². The molecule has 0 spiro atoms. The third-order valence-corrected chi connectivity index (χ3v) is 2.64. The van der Waals surface area contributed by atoms with E-state index in [-0.39, 0.29) is 24.8 Å². The smallest absolute Gasteiger partial charge is 0.0639 e. The van der Waals surface area contributed by atoms with Crippen molar-refractivity contribution in [1.82, 2.24) is 9.55 Å². The lowest BCUT2D eigenvalue weighted by molar-refractivity contribution is 1.10. The van der Waals surface area contributed by atoms with Crippen LogP contribution in [0.15, 0.2) is 55.0 Å². The Morgan fingerprint density at radius 3 is 2.61 bits per heavy atom. The molecule has 0 aliphatic carbocycles. The summed E-state index contributed by atoms with van der Waals surface area (Å²) < 4.78 is 2.10. The molecule has 0 amide bonds. The maximum Gasteiger partial charge on any atom is 0.0639 e. The SMILES string of the molecule is Cl.Cl.Nc1ccc2c(ccn2-c2cccnc2)c1. The maximum absolute atomic E-state index is 5.75. The molecule has 3 aromatic rings. The van der Waals surface area contributed by atoms with Crippen molar-refractivity contribution in [2.45, 2.75) is 0 Å². The highest BCUT2D eigenvalue weighted by atomic mass is 35.5. The van der Waals surface area contributed by atoms with Crippen molar-refractivity contribution in [3.63, 3.8) is 0 Å². The molecule has 0 fully saturated rings. The second kappa shape index (κ2) is 5.76. The average Bonchev–Trinajstić information content (AvgIpc) is 2.73. The number of nitrogen functional groups attached to an aromatic ring is 1. The van der Waals surface area contributed by atoms with Crippen molar-refractivity contribution in [1.29, 1.82) is 0 Å². The van der Waals surface area contributed by atoms with E-state index in [1.165, 1.54) is 0 Å². The van der Waals surface area contributed by atoms with Gasteiger partial charge in [-0.15, -0.1) is 24.8 Å². The molecule has 94 valence electrons. The molecule has 2 N–H and O–H groups in total. The molecular formula is C13H13Cl2N3. The lowest BCUT2D eigenvalue weighted by Crippen LogP contribution is -1.92. The number of fused-ring (bicyclic) bond motifs is 1. The summed E-state index contributed by atoms with van der Waals surface area (Å²) >= 11 is 0. The molecule has 2 aromatic heterocycles. The first kappa shape index (κ1) is 14.4. The maximum atomic E-state index is 5.75. The Bertz CT molecular complexity index is 635. The molecule has 0 saturated carbocycles. The van der Waals surface area contributed by atoms with Gasteiger partial charge in [0.25, 0.3) is 0 Å². The minimum atomic E-state index is 0. The summed E-state index contributed by atoms with van der Waals surface area (Å²) in [6.45, 7) is 0. The number of rotatable bonds is 1. The van der Waals surface area contributed by atoms with Gasteiger partial charge in [0, 0.05) is 23.5 Å². The minimum absolute atomic E-state index is 0. The summed E-state index contributed by atoms with van der Waals surface area (Å²) in [6, 6.07) is 11.9. The largest absolute Gasteiger partial charge is 0.399 e. The van der Waals surface area contributed by atoms with Crippen molar-refractivity contribution >= 4 is 41.4 Å². The molecule has 18 heavy (non-hydrogen) atoms. The highest BCUT2D eigenvalue weighted by molar-refractivity contribution is 5.86. The zero-order valence-electron chi connectivity index (χ0n) is 9.48. The molecule has 0 atom stereocenters. The van der Waals surface area contributed by atoms with Gasteiger partial charge < -0.3 is 10.3 Å². The average molecular weight is 282 g/mol. The number of nitrogens with zero attached hydrogens (tertiary/aromatic N) is 2. The minimum Gasteiger partial charge on any atom is -0.399 e. The fourth-order valence-electron chi connectivity index (χ4n) is 1.88. The quantitative estimate of drug-likeness (QED) is 0.695. The van der Waals surface area contributed by atoms with E-state index in [9.17, 15) is 0 Å². The second-order valence-corrected chi connectivity index (χ2v) is 3.72. The fourth-order valence-corrected chi connectivity index (χ4v) is 1.88. The van der Waals surface area contributed by atoms with E-state index in [0.29, 0.717) is 0 Å². The summed E-state index contributed by atoms with van der Waals surface area (Å²) in [6.07, 6.45) is 5.64. The van der Waals surface area contributed by atoms with Crippen LogP contribution in [0.5, 0.6) is 0 Å². The summed E-state index contributed by atoms with van der Waals surface area (Å²) in [7, 11) is 0. The van der Waals surface area contributed by atoms with Crippen LogP contribution in [0.25, 0.3) is 16.6 Å². The van der Waals surface area contributed by atoms with Gasteiger partial charge in [-0.3, -0.25) is 4.98 Å². The van der Waals surface area contributed by atoms with Gasteiger partial charge in [0.1, 0.15) is 0 Å². The first-order chi connectivity index (χ1) is 7.84. The molecule has 5 heteroatoms. The first-order valence-electron chi connectivity index (χ1n) is 5.11. The lowest BCUT2D eigenvalue weighted by Gasteiger charge is -2.04. The van der Waals surface area contributed by atoms with Crippen molar-refractivity contribution in [2.75, 3.05) is 5.73 Å². The normalized spacial score (nSPS) is 9.56. The summed E-state index contributed by atoms with van der Waals surface area (Å²) in [5.41, 5.74) is 8.74. The highest BCUT2D eigenvalue weighted by Gasteiger charge is 2.02. The fraction of sp³-hybridized carbons (Fsp3) is 0. The molecule has 3 nitrogen and oxygen atoms in total. The Kier molecular flexibility index (Phi) is 4.59. The van der Waals surface area contributed by atoms with Gasteiger partial charge in [-0.1, -0.05) is 0 Å². The summed E-state index contributed by atoms with van der Waals surface area (Å²) in [5.74, 6) is 0. The van der Waals surface area contributed by atoms with Gasteiger partial charge in [0.05, 0.1) is 17.4 Å². The number of aromatic nitrogens is 2. The van der Waals surface area contributed by atoms with Crippen LogP contribution >= 0.6 is 24.8 Å². The van der Waals surface area contributed by atoms with Crippen LogP contribution in [0, 0.1) is 0 Å². The van der Waals surface area contributed by atoms with Gasteiger partial charge in [-0.25, -0.2) is 0 Å². The van der Waals surface area contributed by atoms with Crippen molar-refractivity contribution in [3.8, 4) is 5.69 Å². The Hall–Kier alpha value is -1.71. The number of halogens is 2. The van der Waals surface area contributed by atoms with Gasteiger partial charge in [-0.2, -0.15) is 0 Å². The van der Waals surface area contributed by atoms with Crippen LogP contribution < -0.4 is 5.73 Å². The van der Waals surface area contributed by atoms with Crippen molar-refractivity contribution < 1.29 is 0 Å². The van der Waals surface area contributed by atoms with E-state index in [4.69, 9.17) is 5.73 Å². The molecular weight excluding hydrogens is 269 g/mol. The summed E-state index contributed by atoms with van der Waals surface area (Å²) in [5, 5.41) is 1.14. The topological polar surface area (TPSA) is 43.8 Å². The number of nitrogens with two attached hydrogens (primary N) is 1. The molecule has 0 aliphatic rings. The van der Waals surface area contributed by atoms with E-state index >= 15 is 0 Å². The van der Waals surface area contributed by atoms with E-state index in [2.05, 4.69) is 15.6 Å².